The molecule has 1 N–H and O–H groups in total. The molecule has 0 rings (SSSR count). The predicted octanol–water partition coefficient (Wildman–Crippen LogP) is 0.161. The van der Waals surface area contributed by atoms with Gasteiger partial charge >= 0.3 is 14.3 Å². The second-order valence-electron chi connectivity index (χ2n) is 0.739. The molecule has 0 saturated heterocycles. The molecule has 48 valence electrons. The first-order chi connectivity index (χ1) is 3.62. The summed E-state index contributed by atoms with van der Waals surface area (Å²) in [5, 5.41) is 0. The van der Waals surface area contributed by atoms with Crippen molar-refractivity contribution in [3.63, 3.8) is 0 Å². The molecule has 0 aliphatic heterocycles. The van der Waals surface area contributed by atoms with Crippen LogP contribution in [-0.4, -0.2) is 11.4 Å². The van der Waals surface area contributed by atoms with Crippen molar-refractivity contribution in [3.05, 3.63) is 0 Å². The molecule has 1 atom stereocenters. The van der Waals surface area contributed by atoms with E-state index in [1.54, 1.807) is 0 Å². The van der Waals surface area contributed by atoms with Gasteiger partial charge in [0, 0.05) is 0 Å². The maximum absolute atomic E-state index is 10.7. The van der Waals surface area contributed by atoms with Crippen LogP contribution < -0.4 is 0 Å². The fourth-order valence-corrected chi connectivity index (χ4v) is 0.212. The third-order valence-electron chi connectivity index (χ3n) is 0.263. The maximum Gasteiger partial charge on any atom is 0.561 e. The molecule has 7 heteroatoms. The highest BCUT2D eigenvalue weighted by molar-refractivity contribution is 7.47. The van der Waals surface area contributed by atoms with Gasteiger partial charge in [-0.1, -0.05) is 4.73 Å². The molecule has 0 aromatic heterocycles. The largest absolute Gasteiger partial charge is 0.561 e. The first kappa shape index (κ1) is 7.55. The zero-order chi connectivity index (χ0) is 6.62. The molecule has 1 unspecified atom stereocenters. The predicted molar refractivity (Wildman–Crippen MR) is 19.2 cm³/mol. The van der Waals surface area contributed by atoms with E-state index in [4.69, 9.17) is 4.89 Å². The minimum atomic E-state index is -4.71. The molecular formula is CH2FO5P. The molecule has 0 bridgehead atoms. The van der Waals surface area contributed by atoms with Crippen molar-refractivity contribution in [1.82, 2.24) is 0 Å². The van der Waals surface area contributed by atoms with Crippen molar-refractivity contribution in [1.29, 1.82) is 0 Å². The number of carbonyl (C=O) groups excluding carboxylic acids is 1. The van der Waals surface area contributed by atoms with E-state index < -0.39 is 7.82 Å². The summed E-state index contributed by atoms with van der Waals surface area (Å²) in [6.07, 6.45) is 0. The van der Waals surface area contributed by atoms with Crippen LogP contribution in [0.1, 0.15) is 0 Å². The fourth-order valence-electron chi connectivity index (χ4n) is 0.0706. The Morgan fingerprint density at radius 1 is 1.75 bits per heavy atom. The van der Waals surface area contributed by atoms with E-state index in [9.17, 15) is 13.9 Å². The lowest BCUT2D eigenvalue weighted by molar-refractivity contribution is -0.125. The molecule has 0 aromatic carbocycles. The van der Waals surface area contributed by atoms with E-state index in [0.717, 1.165) is 0 Å². The standard InChI is InChI=1S/CH2FO5P/c2-7-8(4,5)6-1-3/h1H,(H,4,5). The summed E-state index contributed by atoms with van der Waals surface area (Å²) in [7, 11) is -4.71. The zero-order valence-electron chi connectivity index (χ0n) is 3.48. The maximum atomic E-state index is 10.7. The third-order valence-corrected chi connectivity index (χ3v) is 0.790. The van der Waals surface area contributed by atoms with E-state index in [0.29, 0.717) is 0 Å². The quantitative estimate of drug-likeness (QED) is 0.451. The van der Waals surface area contributed by atoms with Crippen LogP contribution >= 0.6 is 7.82 Å². The average molecular weight is 144 g/mol. The van der Waals surface area contributed by atoms with E-state index >= 15 is 0 Å². The summed E-state index contributed by atoms with van der Waals surface area (Å²) < 4.78 is 25.9. The highest BCUT2D eigenvalue weighted by atomic mass is 31.2. The van der Waals surface area contributed by atoms with Crippen molar-refractivity contribution in [2.24, 2.45) is 0 Å². The minimum absolute atomic E-state index is 0.389. The summed E-state index contributed by atoms with van der Waals surface area (Å²) in [4.78, 5) is 17.0. The Balaban J connectivity index is 3.72. The Morgan fingerprint density at radius 3 is 2.38 bits per heavy atom. The van der Waals surface area contributed by atoms with Crippen molar-refractivity contribution in [2.75, 3.05) is 0 Å². The zero-order valence-corrected chi connectivity index (χ0v) is 4.38. The van der Waals surface area contributed by atoms with Gasteiger partial charge in [0.05, 0.1) is 0 Å². The number of phosphoric ester groups is 1. The molecule has 0 spiro atoms. The van der Waals surface area contributed by atoms with Crippen molar-refractivity contribution in [2.45, 2.75) is 0 Å². The van der Waals surface area contributed by atoms with Crippen LogP contribution in [0.5, 0.6) is 0 Å². The molecule has 0 fully saturated rings. The molecule has 0 aliphatic rings. The van der Waals surface area contributed by atoms with E-state index in [1.807, 2.05) is 0 Å². The van der Waals surface area contributed by atoms with E-state index in [2.05, 4.69) is 9.25 Å². The summed E-state index contributed by atoms with van der Waals surface area (Å²) in [6.45, 7) is -0.389. The molecule has 0 aliphatic carbocycles. The van der Waals surface area contributed by atoms with Crippen LogP contribution in [0.3, 0.4) is 0 Å². The molecule has 0 aromatic rings. The van der Waals surface area contributed by atoms with Gasteiger partial charge in [-0.05, 0) is 4.53 Å². The number of hydrogen-bond donors (Lipinski definition) is 1. The number of phosphoric acid groups is 1. The third kappa shape index (κ3) is 2.68. The molecule has 0 amide bonds. The lowest BCUT2D eigenvalue weighted by Gasteiger charge is -1.97. The topological polar surface area (TPSA) is 72.8 Å². The van der Waals surface area contributed by atoms with Gasteiger partial charge in [0.2, 0.25) is 0 Å². The average Bonchev–Trinajstić information content (AvgIpc) is 1.67. The monoisotopic (exact) mass is 144 g/mol. The van der Waals surface area contributed by atoms with Gasteiger partial charge < -0.3 is 4.52 Å². The van der Waals surface area contributed by atoms with E-state index in [-0.39, 0.29) is 6.47 Å². The first-order valence-corrected chi connectivity index (χ1v) is 2.87. The number of hydrogen-bond acceptors (Lipinski definition) is 4. The van der Waals surface area contributed by atoms with E-state index in [1.165, 1.54) is 0 Å². The lowest BCUT2D eigenvalue weighted by atomic mass is 11.7. The van der Waals surface area contributed by atoms with Gasteiger partial charge in [0.1, 0.15) is 0 Å². The summed E-state index contributed by atoms with van der Waals surface area (Å²) >= 11 is 0. The Morgan fingerprint density at radius 2 is 2.25 bits per heavy atom. The molecule has 0 heterocycles. The summed E-state index contributed by atoms with van der Waals surface area (Å²) in [6, 6.07) is 0. The Labute approximate surface area is 43.5 Å². The Kier molecular flexibility index (Phi) is 2.60. The second kappa shape index (κ2) is 2.76. The van der Waals surface area contributed by atoms with Gasteiger partial charge in [-0.25, -0.2) is 4.57 Å². The highest BCUT2D eigenvalue weighted by Crippen LogP contribution is 2.42. The molecule has 0 saturated carbocycles. The highest BCUT2D eigenvalue weighted by Gasteiger charge is 2.21. The van der Waals surface area contributed by atoms with Gasteiger partial charge in [-0.2, -0.15) is 0 Å². The van der Waals surface area contributed by atoms with Crippen LogP contribution in [0.4, 0.5) is 4.53 Å². The van der Waals surface area contributed by atoms with Crippen LogP contribution in [0.25, 0.3) is 0 Å². The van der Waals surface area contributed by atoms with Crippen molar-refractivity contribution >= 4 is 14.3 Å². The minimum Gasteiger partial charge on any atom is -0.372 e. The van der Waals surface area contributed by atoms with Crippen LogP contribution in [0, 0.1) is 0 Å². The summed E-state index contributed by atoms with van der Waals surface area (Å²) in [5.41, 5.74) is 0. The Hall–Kier alpha value is -0.450. The first-order valence-electron chi connectivity index (χ1n) is 1.37. The van der Waals surface area contributed by atoms with Gasteiger partial charge in [-0.15, -0.1) is 0 Å². The molecule has 8 heavy (non-hydrogen) atoms. The Bertz CT molecular complexity index is 122. The molecule has 5 nitrogen and oxygen atoms in total. The number of carbonyl (C=O) groups is 1. The van der Waals surface area contributed by atoms with Gasteiger partial charge in [0.15, 0.2) is 0 Å². The number of halogens is 1. The normalized spacial score (nSPS) is 16.8. The fraction of sp³-hybridized carbons (Fsp3) is 0. The number of rotatable bonds is 3. The van der Waals surface area contributed by atoms with Crippen molar-refractivity contribution < 1.29 is 28.0 Å². The summed E-state index contributed by atoms with van der Waals surface area (Å²) in [5.74, 6) is 0. The molecule has 0 radical (unpaired) electrons. The lowest BCUT2D eigenvalue weighted by Crippen LogP contribution is -1.84. The SMILES string of the molecule is O=COP(=O)(O)OF. The second-order valence-corrected chi connectivity index (χ2v) is 2.03. The smallest absolute Gasteiger partial charge is 0.372 e. The van der Waals surface area contributed by atoms with Gasteiger partial charge in [0.25, 0.3) is 0 Å². The van der Waals surface area contributed by atoms with Crippen molar-refractivity contribution in [3.8, 4) is 0 Å². The molecular weight excluding hydrogens is 142 g/mol. The van der Waals surface area contributed by atoms with Crippen LogP contribution in [0.2, 0.25) is 0 Å². The van der Waals surface area contributed by atoms with Crippen LogP contribution in [-0.2, 0) is 18.6 Å². The van der Waals surface area contributed by atoms with Gasteiger partial charge in [-0.3, -0.25) is 9.69 Å². The van der Waals surface area contributed by atoms with Crippen LogP contribution in [0.15, 0.2) is 0 Å².